The van der Waals surface area contributed by atoms with Crippen LogP contribution < -0.4 is 0 Å². The van der Waals surface area contributed by atoms with Crippen molar-refractivity contribution in [3.8, 4) is 0 Å². The van der Waals surface area contributed by atoms with E-state index in [1.54, 1.807) is 55.4 Å². The first-order chi connectivity index (χ1) is 12.2. The molecular weight excluding hydrogens is 386 g/mol. The van der Waals surface area contributed by atoms with E-state index in [1.165, 1.54) is 18.7 Å². The SMILES string of the molecule is CC(C)(C)OC(=O)CS(=O)(=O)C(C)(C)C1COC(C)(C)N1C(=O)OC(C)(C)C. The van der Waals surface area contributed by atoms with Gasteiger partial charge in [0.15, 0.2) is 9.84 Å². The van der Waals surface area contributed by atoms with Gasteiger partial charge in [0.1, 0.15) is 22.7 Å². The van der Waals surface area contributed by atoms with Gasteiger partial charge in [-0.05, 0) is 69.2 Å². The molecular formula is C19H35NO7S. The molecule has 9 heteroatoms. The molecule has 0 aliphatic carbocycles. The van der Waals surface area contributed by atoms with Crippen LogP contribution in [0.4, 0.5) is 4.79 Å². The molecule has 1 saturated heterocycles. The summed E-state index contributed by atoms with van der Waals surface area (Å²) in [7, 11) is -3.98. The number of rotatable bonds is 4. The van der Waals surface area contributed by atoms with Crippen molar-refractivity contribution in [2.45, 2.75) is 97.0 Å². The standard InChI is InChI=1S/C19H35NO7S/c1-16(2,3)26-14(21)12-28(23,24)18(7,8)13-11-25-19(9,10)20(13)15(22)27-17(4,5)6/h13H,11-12H2,1-10H3. The van der Waals surface area contributed by atoms with Gasteiger partial charge in [0, 0.05) is 0 Å². The number of carbonyl (C=O) groups excluding carboxylic acids is 2. The lowest BCUT2D eigenvalue weighted by Crippen LogP contribution is -2.59. The molecule has 8 nitrogen and oxygen atoms in total. The van der Waals surface area contributed by atoms with E-state index < -0.39 is 55.4 Å². The van der Waals surface area contributed by atoms with E-state index in [0.717, 1.165) is 0 Å². The van der Waals surface area contributed by atoms with Gasteiger partial charge in [-0.25, -0.2) is 13.2 Å². The van der Waals surface area contributed by atoms with Gasteiger partial charge in [-0.3, -0.25) is 9.69 Å². The number of sulfone groups is 1. The van der Waals surface area contributed by atoms with Gasteiger partial charge in [-0.15, -0.1) is 0 Å². The molecule has 0 aromatic carbocycles. The third kappa shape index (κ3) is 5.83. The van der Waals surface area contributed by atoms with Crippen molar-refractivity contribution in [2.75, 3.05) is 12.4 Å². The highest BCUT2D eigenvalue weighted by Gasteiger charge is 2.56. The summed E-state index contributed by atoms with van der Waals surface area (Å²) < 4.78 is 41.0. The minimum absolute atomic E-state index is 0.00674. The summed E-state index contributed by atoms with van der Waals surface area (Å²) in [6.07, 6.45) is -0.666. The quantitative estimate of drug-likeness (QED) is 0.644. The fraction of sp³-hybridized carbons (Fsp3) is 0.895. The van der Waals surface area contributed by atoms with E-state index >= 15 is 0 Å². The summed E-state index contributed by atoms with van der Waals surface area (Å²) in [4.78, 5) is 26.2. The van der Waals surface area contributed by atoms with Crippen LogP contribution in [0.1, 0.15) is 69.2 Å². The number of amides is 1. The minimum Gasteiger partial charge on any atom is -0.459 e. The summed E-state index contributed by atoms with van der Waals surface area (Å²) in [5.41, 5.74) is -2.59. The summed E-state index contributed by atoms with van der Waals surface area (Å²) >= 11 is 0. The molecule has 1 atom stereocenters. The monoisotopic (exact) mass is 421 g/mol. The van der Waals surface area contributed by atoms with Crippen molar-refractivity contribution >= 4 is 21.9 Å². The Morgan fingerprint density at radius 3 is 1.89 bits per heavy atom. The van der Waals surface area contributed by atoms with Gasteiger partial charge in [0.25, 0.3) is 0 Å². The van der Waals surface area contributed by atoms with Crippen molar-refractivity contribution in [3.05, 3.63) is 0 Å². The Bertz CT molecular complexity index is 712. The van der Waals surface area contributed by atoms with Crippen LogP contribution in [0, 0.1) is 0 Å². The molecule has 1 aliphatic rings. The zero-order chi connectivity index (χ0) is 22.3. The molecule has 0 bridgehead atoms. The Kier molecular flexibility index (Phi) is 6.59. The first kappa shape index (κ1) is 24.7. The van der Waals surface area contributed by atoms with Crippen LogP contribution in [0.5, 0.6) is 0 Å². The zero-order valence-corrected chi connectivity index (χ0v) is 19.5. The van der Waals surface area contributed by atoms with Crippen LogP contribution in [0.2, 0.25) is 0 Å². The highest BCUT2D eigenvalue weighted by Crippen LogP contribution is 2.38. The van der Waals surface area contributed by atoms with E-state index in [4.69, 9.17) is 14.2 Å². The fourth-order valence-corrected chi connectivity index (χ4v) is 4.22. The van der Waals surface area contributed by atoms with Gasteiger partial charge in [-0.2, -0.15) is 0 Å². The number of hydrogen-bond acceptors (Lipinski definition) is 7. The average Bonchev–Trinajstić information content (AvgIpc) is 2.69. The lowest BCUT2D eigenvalue weighted by molar-refractivity contribution is -0.151. The Morgan fingerprint density at radius 1 is 1.00 bits per heavy atom. The van der Waals surface area contributed by atoms with Crippen molar-refractivity contribution in [1.82, 2.24) is 4.90 Å². The van der Waals surface area contributed by atoms with E-state index in [2.05, 4.69) is 0 Å². The van der Waals surface area contributed by atoms with E-state index in [0.29, 0.717) is 0 Å². The van der Waals surface area contributed by atoms with Crippen LogP contribution in [0.3, 0.4) is 0 Å². The molecule has 0 aromatic heterocycles. The average molecular weight is 422 g/mol. The second kappa shape index (κ2) is 7.48. The molecule has 1 aliphatic heterocycles. The third-order valence-corrected chi connectivity index (χ3v) is 6.90. The summed E-state index contributed by atoms with van der Waals surface area (Å²) in [6, 6.07) is -0.829. The zero-order valence-electron chi connectivity index (χ0n) is 18.7. The topological polar surface area (TPSA) is 99.2 Å². The summed E-state index contributed by atoms with van der Waals surface area (Å²) in [5.74, 6) is -1.61. The van der Waals surface area contributed by atoms with Crippen LogP contribution >= 0.6 is 0 Å². The molecule has 1 amide bonds. The normalized spacial score (nSPS) is 20.8. The molecule has 164 valence electrons. The Labute approximate surface area is 168 Å². The van der Waals surface area contributed by atoms with Crippen LogP contribution in [-0.2, 0) is 28.8 Å². The first-order valence-corrected chi connectivity index (χ1v) is 11.0. The Morgan fingerprint density at radius 2 is 1.46 bits per heavy atom. The van der Waals surface area contributed by atoms with Crippen molar-refractivity contribution < 1.29 is 32.2 Å². The van der Waals surface area contributed by atoms with Gasteiger partial charge in [0.2, 0.25) is 0 Å². The van der Waals surface area contributed by atoms with Gasteiger partial charge < -0.3 is 14.2 Å². The second-order valence-electron chi connectivity index (χ2n) is 10.1. The van der Waals surface area contributed by atoms with Crippen molar-refractivity contribution in [1.29, 1.82) is 0 Å². The molecule has 0 spiro atoms. The smallest absolute Gasteiger partial charge is 0.412 e. The van der Waals surface area contributed by atoms with Crippen molar-refractivity contribution in [2.24, 2.45) is 0 Å². The molecule has 0 aromatic rings. The summed E-state index contributed by atoms with van der Waals surface area (Å²) in [5, 5.41) is 0. The minimum atomic E-state index is -3.98. The molecule has 0 radical (unpaired) electrons. The maximum atomic E-state index is 13.1. The predicted octanol–water partition coefficient (Wildman–Crippen LogP) is 2.89. The van der Waals surface area contributed by atoms with Crippen LogP contribution in [0.15, 0.2) is 0 Å². The van der Waals surface area contributed by atoms with Crippen LogP contribution in [-0.4, -0.2) is 65.5 Å². The Balaban J connectivity index is 3.18. The van der Waals surface area contributed by atoms with Gasteiger partial charge >= 0.3 is 12.1 Å². The number of carbonyl (C=O) groups is 2. The lowest BCUT2D eigenvalue weighted by atomic mass is 10.0. The molecule has 1 heterocycles. The molecule has 1 fully saturated rings. The lowest BCUT2D eigenvalue weighted by Gasteiger charge is -2.40. The third-order valence-electron chi connectivity index (χ3n) is 4.41. The highest BCUT2D eigenvalue weighted by molar-refractivity contribution is 7.93. The fourth-order valence-electron chi connectivity index (χ4n) is 2.89. The maximum absolute atomic E-state index is 13.1. The number of esters is 1. The molecule has 28 heavy (non-hydrogen) atoms. The number of nitrogens with zero attached hydrogens (tertiary/aromatic N) is 1. The molecule has 0 saturated carbocycles. The van der Waals surface area contributed by atoms with E-state index in [9.17, 15) is 18.0 Å². The largest absolute Gasteiger partial charge is 0.459 e. The number of hydrogen-bond donors (Lipinski definition) is 0. The van der Waals surface area contributed by atoms with Gasteiger partial charge in [0.05, 0.1) is 17.4 Å². The molecule has 1 rings (SSSR count). The van der Waals surface area contributed by atoms with E-state index in [-0.39, 0.29) is 6.61 Å². The second-order valence-corrected chi connectivity index (χ2v) is 12.6. The van der Waals surface area contributed by atoms with Gasteiger partial charge in [-0.1, -0.05) is 0 Å². The summed E-state index contributed by atoms with van der Waals surface area (Å²) in [6.45, 7) is 16.5. The molecule has 0 N–H and O–H groups in total. The highest BCUT2D eigenvalue weighted by atomic mass is 32.2. The number of ether oxygens (including phenoxy) is 3. The van der Waals surface area contributed by atoms with E-state index in [1.807, 2.05) is 0 Å². The Hall–Kier alpha value is -1.35. The molecule has 1 unspecified atom stereocenters. The van der Waals surface area contributed by atoms with Crippen molar-refractivity contribution in [3.63, 3.8) is 0 Å². The first-order valence-electron chi connectivity index (χ1n) is 9.30. The van der Waals surface area contributed by atoms with Crippen LogP contribution in [0.25, 0.3) is 0 Å². The predicted molar refractivity (Wildman–Crippen MR) is 106 cm³/mol. The maximum Gasteiger partial charge on any atom is 0.412 e.